The molecule has 20 heavy (non-hydrogen) atoms. The van der Waals surface area contributed by atoms with Gasteiger partial charge in [0.25, 0.3) is 0 Å². The normalized spacial score (nSPS) is 11.8. The molecule has 0 amide bonds. The van der Waals surface area contributed by atoms with Crippen molar-refractivity contribution < 1.29 is 24.2 Å². The molecule has 1 rings (SSSR count). The Kier molecular flexibility index (Phi) is 7.35. The Balaban J connectivity index is 2.24. The Morgan fingerprint density at radius 1 is 1.25 bits per heavy atom. The number of benzene rings is 1. The van der Waals surface area contributed by atoms with E-state index in [0.29, 0.717) is 19.6 Å². The summed E-state index contributed by atoms with van der Waals surface area (Å²) < 4.78 is 10.2. The largest absolute Gasteiger partial charge is 0.481 e. The van der Waals surface area contributed by atoms with Gasteiger partial charge in [-0.2, -0.15) is 0 Å². The highest BCUT2D eigenvalue weighted by molar-refractivity contribution is 5.93. The number of carbonyl (C=O) groups excluding carboxylic acids is 1. The van der Waals surface area contributed by atoms with Gasteiger partial charge >= 0.3 is 11.9 Å². The molecule has 1 unspecified atom stereocenters. The molecule has 0 aliphatic heterocycles. The van der Waals surface area contributed by atoms with Gasteiger partial charge in [0.2, 0.25) is 0 Å². The van der Waals surface area contributed by atoms with Crippen LogP contribution in [0, 0.1) is 5.92 Å². The summed E-state index contributed by atoms with van der Waals surface area (Å²) in [6, 6.07) is 9.71. The average Bonchev–Trinajstić information content (AvgIpc) is 2.43. The fraction of sp³-hybridized carbons (Fsp3) is 0.467. The molecule has 0 saturated heterocycles. The van der Waals surface area contributed by atoms with Crippen LogP contribution in [-0.4, -0.2) is 30.3 Å². The Hall–Kier alpha value is -1.88. The van der Waals surface area contributed by atoms with E-state index >= 15 is 0 Å². The van der Waals surface area contributed by atoms with Crippen molar-refractivity contribution >= 4 is 11.9 Å². The van der Waals surface area contributed by atoms with Gasteiger partial charge in [0.1, 0.15) is 0 Å². The van der Waals surface area contributed by atoms with E-state index in [1.54, 1.807) is 6.92 Å². The van der Waals surface area contributed by atoms with Gasteiger partial charge in [-0.25, -0.2) is 0 Å². The highest BCUT2D eigenvalue weighted by atomic mass is 16.5. The van der Waals surface area contributed by atoms with Crippen LogP contribution in [0.2, 0.25) is 0 Å². The number of hydrogen-bond acceptors (Lipinski definition) is 4. The maximum Gasteiger partial charge on any atom is 0.320 e. The lowest BCUT2D eigenvalue weighted by atomic mass is 10.0. The first kappa shape index (κ1) is 16.2. The Morgan fingerprint density at radius 2 is 1.95 bits per heavy atom. The van der Waals surface area contributed by atoms with E-state index in [4.69, 9.17) is 14.6 Å². The van der Waals surface area contributed by atoms with Crippen LogP contribution in [0.1, 0.15) is 25.3 Å². The van der Waals surface area contributed by atoms with Crippen molar-refractivity contribution in [1.29, 1.82) is 0 Å². The Bertz CT molecular complexity index is 416. The highest BCUT2D eigenvalue weighted by Crippen LogP contribution is 2.10. The van der Waals surface area contributed by atoms with Crippen LogP contribution in [0.4, 0.5) is 0 Å². The lowest BCUT2D eigenvalue weighted by molar-refractivity contribution is -0.158. The van der Waals surface area contributed by atoms with Crippen molar-refractivity contribution in [3.8, 4) is 0 Å². The smallest absolute Gasteiger partial charge is 0.320 e. The average molecular weight is 280 g/mol. The molecular weight excluding hydrogens is 260 g/mol. The van der Waals surface area contributed by atoms with Gasteiger partial charge in [0, 0.05) is 6.61 Å². The van der Waals surface area contributed by atoms with Gasteiger partial charge in [0.05, 0.1) is 13.2 Å². The summed E-state index contributed by atoms with van der Waals surface area (Å²) in [6.07, 6.45) is 0.728. The van der Waals surface area contributed by atoms with Crippen molar-refractivity contribution in [3.05, 3.63) is 35.9 Å². The molecule has 0 bridgehead atoms. The number of esters is 1. The number of carboxylic acid groups (broad SMARTS) is 1. The summed E-state index contributed by atoms with van der Waals surface area (Å²) in [4.78, 5) is 22.4. The molecule has 0 aliphatic rings. The first-order chi connectivity index (χ1) is 9.65. The second-order valence-corrected chi connectivity index (χ2v) is 4.32. The zero-order valence-corrected chi connectivity index (χ0v) is 11.6. The van der Waals surface area contributed by atoms with Gasteiger partial charge in [-0.1, -0.05) is 30.3 Å². The summed E-state index contributed by atoms with van der Waals surface area (Å²) >= 11 is 0. The van der Waals surface area contributed by atoms with Gasteiger partial charge in [-0.05, 0) is 25.3 Å². The highest BCUT2D eigenvalue weighted by Gasteiger charge is 2.26. The maximum absolute atomic E-state index is 11.4. The zero-order valence-electron chi connectivity index (χ0n) is 11.6. The summed E-state index contributed by atoms with van der Waals surface area (Å²) in [5.74, 6) is -2.93. The fourth-order valence-electron chi connectivity index (χ4n) is 1.74. The number of rotatable bonds is 9. The molecule has 5 nitrogen and oxygen atoms in total. The second kappa shape index (κ2) is 9.09. The summed E-state index contributed by atoms with van der Waals surface area (Å²) in [5.41, 5.74) is 1.06. The van der Waals surface area contributed by atoms with E-state index in [0.717, 1.165) is 5.56 Å². The minimum absolute atomic E-state index is 0.188. The molecule has 0 heterocycles. The van der Waals surface area contributed by atoms with Crippen molar-refractivity contribution in [2.75, 3.05) is 13.2 Å². The van der Waals surface area contributed by atoms with Gasteiger partial charge < -0.3 is 14.6 Å². The molecule has 0 radical (unpaired) electrons. The topological polar surface area (TPSA) is 72.8 Å². The fourth-order valence-corrected chi connectivity index (χ4v) is 1.74. The van der Waals surface area contributed by atoms with Crippen LogP contribution in [0.15, 0.2) is 30.3 Å². The van der Waals surface area contributed by atoms with Gasteiger partial charge in [0.15, 0.2) is 5.92 Å². The minimum atomic E-state index is -1.15. The first-order valence-corrected chi connectivity index (χ1v) is 6.66. The van der Waals surface area contributed by atoms with E-state index < -0.39 is 17.9 Å². The molecule has 5 heteroatoms. The van der Waals surface area contributed by atoms with E-state index in [1.165, 1.54) is 0 Å². The molecule has 0 saturated carbocycles. The van der Waals surface area contributed by atoms with Crippen LogP contribution in [-0.2, 0) is 25.7 Å². The van der Waals surface area contributed by atoms with E-state index in [2.05, 4.69) is 0 Å². The van der Waals surface area contributed by atoms with Crippen molar-refractivity contribution in [3.63, 3.8) is 0 Å². The van der Waals surface area contributed by atoms with E-state index in [1.807, 2.05) is 30.3 Å². The molecule has 1 aromatic carbocycles. The van der Waals surface area contributed by atoms with Crippen LogP contribution in [0.5, 0.6) is 0 Å². The predicted molar refractivity (Wildman–Crippen MR) is 73.1 cm³/mol. The maximum atomic E-state index is 11.4. The lowest BCUT2D eigenvalue weighted by Gasteiger charge is -2.11. The number of hydrogen-bond donors (Lipinski definition) is 1. The monoisotopic (exact) mass is 280 g/mol. The molecule has 0 fully saturated rings. The molecule has 1 N–H and O–H groups in total. The summed E-state index contributed by atoms with van der Waals surface area (Å²) in [5, 5.41) is 8.96. The molecule has 1 aromatic rings. The number of ether oxygens (including phenoxy) is 2. The van der Waals surface area contributed by atoms with Crippen molar-refractivity contribution in [1.82, 2.24) is 0 Å². The quantitative estimate of drug-likeness (QED) is 0.426. The third-order valence-electron chi connectivity index (χ3n) is 2.76. The minimum Gasteiger partial charge on any atom is -0.481 e. The lowest BCUT2D eigenvalue weighted by Crippen LogP contribution is -2.26. The summed E-state index contributed by atoms with van der Waals surface area (Å²) in [7, 11) is 0. The number of aliphatic carboxylic acids is 1. The molecule has 0 aliphatic carbocycles. The van der Waals surface area contributed by atoms with Crippen LogP contribution < -0.4 is 0 Å². The predicted octanol–water partition coefficient (Wildman–Crippen LogP) is 2.25. The molecule has 110 valence electrons. The standard InChI is InChI=1S/C15H20O5/c1-2-20-15(18)13(14(16)17)9-6-10-19-11-12-7-4-3-5-8-12/h3-5,7-8,13H,2,6,9-11H2,1H3,(H,16,17). The number of carboxylic acids is 1. The molecule has 0 aromatic heterocycles. The van der Waals surface area contributed by atoms with Crippen LogP contribution >= 0.6 is 0 Å². The zero-order chi connectivity index (χ0) is 14.8. The Labute approximate surface area is 118 Å². The Morgan fingerprint density at radius 3 is 2.55 bits per heavy atom. The molecule has 1 atom stereocenters. The SMILES string of the molecule is CCOC(=O)C(CCCOCc1ccccc1)C(=O)O. The second-order valence-electron chi connectivity index (χ2n) is 4.32. The number of carbonyl (C=O) groups is 2. The third kappa shape index (κ3) is 5.84. The summed E-state index contributed by atoms with van der Waals surface area (Å²) in [6.45, 7) is 2.74. The van der Waals surface area contributed by atoms with Crippen LogP contribution in [0.3, 0.4) is 0 Å². The molecular formula is C15H20O5. The van der Waals surface area contributed by atoms with Gasteiger partial charge in [-0.15, -0.1) is 0 Å². The third-order valence-corrected chi connectivity index (χ3v) is 2.76. The van der Waals surface area contributed by atoms with Gasteiger partial charge in [-0.3, -0.25) is 9.59 Å². The van der Waals surface area contributed by atoms with Crippen LogP contribution in [0.25, 0.3) is 0 Å². The van der Waals surface area contributed by atoms with E-state index in [9.17, 15) is 9.59 Å². The van der Waals surface area contributed by atoms with E-state index in [-0.39, 0.29) is 13.0 Å². The molecule has 0 spiro atoms. The first-order valence-electron chi connectivity index (χ1n) is 6.66. The van der Waals surface area contributed by atoms with Crippen molar-refractivity contribution in [2.45, 2.75) is 26.4 Å². The van der Waals surface area contributed by atoms with Crippen molar-refractivity contribution in [2.24, 2.45) is 5.92 Å².